The Labute approximate surface area is 153 Å². The molecule has 1 unspecified atom stereocenters. The number of methoxy groups -OCH3 is 1. The molecule has 0 amide bonds. The molecular weight excluding hydrogens is 356 g/mol. The molecule has 1 fully saturated rings. The summed E-state index contributed by atoms with van der Waals surface area (Å²) in [5.41, 5.74) is 0.907. The quantitative estimate of drug-likeness (QED) is 0.750. The molecule has 1 aromatic carbocycles. The van der Waals surface area contributed by atoms with Gasteiger partial charge in [-0.05, 0) is 18.4 Å². The Morgan fingerprint density at radius 1 is 1.31 bits per heavy atom. The van der Waals surface area contributed by atoms with Crippen molar-refractivity contribution in [2.45, 2.75) is 38.3 Å². The Balaban J connectivity index is 1.72. The summed E-state index contributed by atoms with van der Waals surface area (Å²) in [5, 5.41) is 3.93. The summed E-state index contributed by atoms with van der Waals surface area (Å²) in [6, 6.07) is 9.00. The molecule has 1 saturated heterocycles. The lowest BCUT2D eigenvalue weighted by atomic mass is 10.1. The first-order valence-corrected chi connectivity index (χ1v) is 10.2. The lowest BCUT2D eigenvalue weighted by Gasteiger charge is -2.32. The maximum atomic E-state index is 12.8. The Kier molecular flexibility index (Phi) is 6.36. The number of ether oxygens (including phenoxy) is 1. The van der Waals surface area contributed by atoms with E-state index in [9.17, 15) is 8.42 Å². The Bertz CT molecular complexity index is 794. The van der Waals surface area contributed by atoms with Crippen molar-refractivity contribution >= 4 is 10.2 Å². The average molecular weight is 380 g/mol. The van der Waals surface area contributed by atoms with Crippen LogP contribution < -0.4 is 4.72 Å². The summed E-state index contributed by atoms with van der Waals surface area (Å²) in [6.07, 6.45) is 2.93. The molecule has 0 aliphatic carbocycles. The van der Waals surface area contributed by atoms with E-state index in [1.54, 1.807) is 7.11 Å². The van der Waals surface area contributed by atoms with Crippen LogP contribution in [0.1, 0.15) is 42.6 Å². The molecule has 0 spiro atoms. The highest BCUT2D eigenvalue weighted by atomic mass is 32.2. The predicted molar refractivity (Wildman–Crippen MR) is 95.4 cm³/mol. The Hall–Kier alpha value is -1.81. The lowest BCUT2D eigenvalue weighted by Crippen LogP contribution is -2.45. The minimum atomic E-state index is -3.66. The first kappa shape index (κ1) is 19.0. The van der Waals surface area contributed by atoms with Crippen molar-refractivity contribution in [3.8, 4) is 0 Å². The smallest absolute Gasteiger partial charge is 0.280 e. The molecule has 0 bridgehead atoms. The van der Waals surface area contributed by atoms with Gasteiger partial charge in [0.25, 0.3) is 10.2 Å². The van der Waals surface area contributed by atoms with Crippen LogP contribution in [0.15, 0.2) is 34.9 Å². The maximum absolute atomic E-state index is 12.8. The van der Waals surface area contributed by atoms with E-state index in [-0.39, 0.29) is 6.54 Å². The van der Waals surface area contributed by atoms with Crippen LogP contribution in [-0.4, -0.2) is 43.1 Å². The van der Waals surface area contributed by atoms with E-state index in [0.29, 0.717) is 37.7 Å². The third-order valence-electron chi connectivity index (χ3n) is 4.36. The second kappa shape index (κ2) is 8.72. The number of hydrogen-bond acceptors (Lipinski definition) is 6. The van der Waals surface area contributed by atoms with E-state index < -0.39 is 16.3 Å². The number of nitrogens with one attached hydrogen (secondary N) is 1. The van der Waals surface area contributed by atoms with E-state index in [2.05, 4.69) is 14.9 Å². The van der Waals surface area contributed by atoms with Crippen LogP contribution in [0.2, 0.25) is 0 Å². The third kappa shape index (κ3) is 4.67. The zero-order valence-corrected chi connectivity index (χ0v) is 15.6. The number of benzene rings is 1. The van der Waals surface area contributed by atoms with Crippen molar-refractivity contribution in [2.75, 3.05) is 20.3 Å². The molecule has 3 rings (SSSR count). The van der Waals surface area contributed by atoms with Crippen LogP contribution in [-0.2, 0) is 27.9 Å². The van der Waals surface area contributed by atoms with Crippen molar-refractivity contribution in [3.63, 3.8) is 0 Å². The number of hydrogen-bond donors (Lipinski definition) is 1. The van der Waals surface area contributed by atoms with Crippen molar-refractivity contribution in [1.29, 1.82) is 0 Å². The van der Waals surface area contributed by atoms with Crippen LogP contribution in [0.4, 0.5) is 0 Å². The van der Waals surface area contributed by atoms with E-state index >= 15 is 0 Å². The van der Waals surface area contributed by atoms with Crippen molar-refractivity contribution in [3.05, 3.63) is 47.6 Å². The topological polar surface area (TPSA) is 97.6 Å². The van der Waals surface area contributed by atoms with E-state index in [1.807, 2.05) is 30.3 Å². The van der Waals surface area contributed by atoms with Gasteiger partial charge in [0.2, 0.25) is 5.89 Å². The average Bonchev–Trinajstić information content (AvgIpc) is 3.14. The molecule has 1 aliphatic rings. The first-order chi connectivity index (χ1) is 12.6. The molecule has 142 valence electrons. The molecule has 1 aromatic heterocycles. The molecule has 0 saturated carbocycles. The molecule has 1 N–H and O–H groups in total. The number of aromatic nitrogens is 2. The second-order valence-electron chi connectivity index (χ2n) is 6.23. The van der Waals surface area contributed by atoms with Gasteiger partial charge in [-0.2, -0.15) is 22.4 Å². The number of nitrogens with zero attached hydrogens (tertiary/aromatic N) is 3. The van der Waals surface area contributed by atoms with Gasteiger partial charge in [-0.1, -0.05) is 41.9 Å². The molecule has 2 heterocycles. The fraction of sp³-hybridized carbons (Fsp3) is 0.529. The SMILES string of the molecule is COCCc1noc(C2CCCCN2S(=O)(=O)NCc2ccccc2)n1. The summed E-state index contributed by atoms with van der Waals surface area (Å²) in [5.74, 6) is 0.878. The molecule has 2 aromatic rings. The normalized spacial score (nSPS) is 18.9. The maximum Gasteiger partial charge on any atom is 0.280 e. The highest BCUT2D eigenvalue weighted by Crippen LogP contribution is 2.31. The zero-order chi connectivity index (χ0) is 18.4. The minimum Gasteiger partial charge on any atom is -0.384 e. The van der Waals surface area contributed by atoms with Crippen LogP contribution >= 0.6 is 0 Å². The number of piperidine rings is 1. The lowest BCUT2D eigenvalue weighted by molar-refractivity contribution is 0.197. The standard InChI is InChI=1S/C17H24N4O4S/c1-24-12-10-16-19-17(25-20-16)15-9-5-6-11-21(15)26(22,23)18-13-14-7-3-2-4-8-14/h2-4,7-8,15,18H,5-6,9-13H2,1H3. The van der Waals surface area contributed by atoms with E-state index in [0.717, 1.165) is 18.4 Å². The molecule has 1 aliphatic heterocycles. The first-order valence-electron chi connectivity index (χ1n) is 8.72. The largest absolute Gasteiger partial charge is 0.384 e. The van der Waals surface area contributed by atoms with Gasteiger partial charge in [0.05, 0.1) is 6.61 Å². The van der Waals surface area contributed by atoms with Gasteiger partial charge in [0, 0.05) is 26.6 Å². The zero-order valence-electron chi connectivity index (χ0n) is 14.8. The van der Waals surface area contributed by atoms with Crippen LogP contribution in [0.25, 0.3) is 0 Å². The molecule has 9 heteroatoms. The summed E-state index contributed by atoms with van der Waals surface area (Å²) in [7, 11) is -2.05. The molecule has 26 heavy (non-hydrogen) atoms. The van der Waals surface area contributed by atoms with E-state index in [1.165, 1.54) is 4.31 Å². The summed E-state index contributed by atoms with van der Waals surface area (Å²) < 4.78 is 40.1. The Morgan fingerprint density at radius 3 is 2.88 bits per heavy atom. The van der Waals surface area contributed by atoms with Crippen LogP contribution in [0.3, 0.4) is 0 Å². The fourth-order valence-electron chi connectivity index (χ4n) is 2.99. The molecular formula is C17H24N4O4S. The van der Waals surface area contributed by atoms with Gasteiger partial charge in [-0.25, -0.2) is 0 Å². The van der Waals surface area contributed by atoms with Crippen molar-refractivity contribution in [2.24, 2.45) is 0 Å². The molecule has 0 radical (unpaired) electrons. The molecule has 1 atom stereocenters. The Morgan fingerprint density at radius 2 is 2.12 bits per heavy atom. The predicted octanol–water partition coefficient (Wildman–Crippen LogP) is 1.82. The summed E-state index contributed by atoms with van der Waals surface area (Å²) in [4.78, 5) is 4.36. The minimum absolute atomic E-state index is 0.245. The van der Waals surface area contributed by atoms with Gasteiger partial charge < -0.3 is 9.26 Å². The van der Waals surface area contributed by atoms with Gasteiger partial charge in [-0.15, -0.1) is 0 Å². The highest BCUT2D eigenvalue weighted by molar-refractivity contribution is 7.87. The van der Waals surface area contributed by atoms with Gasteiger partial charge >= 0.3 is 0 Å². The van der Waals surface area contributed by atoms with Gasteiger partial charge in [0.15, 0.2) is 5.82 Å². The van der Waals surface area contributed by atoms with Gasteiger partial charge in [0.1, 0.15) is 6.04 Å². The second-order valence-corrected chi connectivity index (χ2v) is 7.93. The van der Waals surface area contributed by atoms with Gasteiger partial charge in [-0.3, -0.25) is 0 Å². The summed E-state index contributed by atoms with van der Waals surface area (Å²) in [6.45, 7) is 1.17. The number of rotatable bonds is 8. The molecule has 8 nitrogen and oxygen atoms in total. The highest BCUT2D eigenvalue weighted by Gasteiger charge is 2.36. The fourth-order valence-corrected chi connectivity index (χ4v) is 4.41. The monoisotopic (exact) mass is 380 g/mol. The van der Waals surface area contributed by atoms with Crippen LogP contribution in [0.5, 0.6) is 0 Å². The van der Waals surface area contributed by atoms with E-state index in [4.69, 9.17) is 9.26 Å². The van der Waals surface area contributed by atoms with Crippen molar-refractivity contribution < 1.29 is 17.7 Å². The van der Waals surface area contributed by atoms with Crippen LogP contribution in [0, 0.1) is 0 Å². The third-order valence-corrected chi connectivity index (χ3v) is 5.93. The summed E-state index contributed by atoms with van der Waals surface area (Å²) >= 11 is 0. The van der Waals surface area contributed by atoms with Crippen molar-refractivity contribution in [1.82, 2.24) is 19.2 Å².